The molecule has 1 atom stereocenters. The van der Waals surface area contributed by atoms with Gasteiger partial charge in [-0.3, -0.25) is 0 Å². The number of hydrogen-bond donors (Lipinski definition) is 11. The largest absolute Gasteiger partial charge is 0.382 e. The molecule has 11 N–H and O–H groups in total. The summed E-state index contributed by atoms with van der Waals surface area (Å²) < 4.78 is 5.43. The van der Waals surface area contributed by atoms with Crippen molar-refractivity contribution >= 4 is 0 Å². The quantitative estimate of drug-likeness (QED) is 0.108. The molecule has 0 saturated heterocycles. The Morgan fingerprint density at radius 2 is 1.21 bits per heavy atom. The van der Waals surface area contributed by atoms with Crippen molar-refractivity contribution in [2.75, 3.05) is 19.8 Å². The summed E-state index contributed by atoms with van der Waals surface area (Å²) in [5.41, 5.74) is -0.896. The summed E-state index contributed by atoms with van der Waals surface area (Å²) >= 11 is 0. The zero-order valence-electron chi connectivity index (χ0n) is 17.9. The molecule has 0 aromatic heterocycles. The monoisotopic (exact) mass is 479 g/mol. The summed E-state index contributed by atoms with van der Waals surface area (Å²) in [5.74, 6) is -17.7. The molecule has 1 saturated carbocycles. The van der Waals surface area contributed by atoms with Crippen molar-refractivity contribution < 1.29 is 60.9 Å². The van der Waals surface area contributed by atoms with Crippen LogP contribution in [-0.2, 0) is 10.3 Å². The highest BCUT2D eigenvalue weighted by Crippen LogP contribution is 2.39. The lowest BCUT2D eigenvalue weighted by molar-refractivity contribution is -0.562. The fraction of sp³-hybridized carbons (Fsp3) is 0.700. The molecule has 1 aromatic rings. The van der Waals surface area contributed by atoms with Crippen LogP contribution in [0.5, 0.6) is 0 Å². The van der Waals surface area contributed by atoms with E-state index in [0.717, 1.165) is 32.1 Å². The van der Waals surface area contributed by atoms with Gasteiger partial charge < -0.3 is 60.9 Å². The van der Waals surface area contributed by atoms with E-state index < -0.39 is 47.4 Å². The Balaban J connectivity index is 2.20. The highest BCUT2D eigenvalue weighted by atomic mass is 16.8. The molecule has 1 unspecified atom stereocenters. The predicted molar refractivity (Wildman–Crippen MR) is 108 cm³/mol. The first-order chi connectivity index (χ1) is 15.0. The minimum Gasteiger partial charge on any atom is -0.382 e. The van der Waals surface area contributed by atoms with Gasteiger partial charge in [0.15, 0.2) is 0 Å². The summed E-state index contributed by atoms with van der Waals surface area (Å²) in [6.45, 7) is -2.16. The maximum absolute atomic E-state index is 11.5. The van der Waals surface area contributed by atoms with E-state index in [4.69, 9.17) is 4.74 Å². The Kier molecular flexibility index (Phi) is 8.58. The van der Waals surface area contributed by atoms with Crippen LogP contribution in [0.3, 0.4) is 0 Å². The van der Waals surface area contributed by atoms with Crippen molar-refractivity contribution in [1.82, 2.24) is 4.90 Å². The lowest BCUT2D eigenvalue weighted by atomic mass is 9.74. The van der Waals surface area contributed by atoms with Gasteiger partial charge in [-0.1, -0.05) is 49.6 Å². The van der Waals surface area contributed by atoms with E-state index in [-0.39, 0.29) is 12.5 Å². The fourth-order valence-corrected chi connectivity index (χ4v) is 4.02. The van der Waals surface area contributed by atoms with Crippen LogP contribution < -0.4 is 0 Å². The van der Waals surface area contributed by atoms with Crippen LogP contribution in [0.15, 0.2) is 30.3 Å². The smallest absolute Gasteiger partial charge is 0.349 e. The first kappa shape index (κ1) is 27.9. The molecule has 0 bridgehead atoms. The Labute approximate surface area is 189 Å². The molecule has 0 amide bonds. The third-order valence-corrected chi connectivity index (χ3v) is 5.99. The summed E-state index contributed by atoms with van der Waals surface area (Å²) in [5, 5.41) is 106. The van der Waals surface area contributed by atoms with Gasteiger partial charge in [0.25, 0.3) is 0 Å². The van der Waals surface area contributed by atoms with Crippen LogP contribution in [0.25, 0.3) is 0 Å². The molecule has 0 heterocycles. The molecular weight excluding hydrogens is 446 g/mol. The number of benzene rings is 1. The van der Waals surface area contributed by atoms with Gasteiger partial charge in [0.2, 0.25) is 0 Å². The average molecular weight is 479 g/mol. The number of hydrogen-bond acceptors (Lipinski definition) is 13. The van der Waals surface area contributed by atoms with Gasteiger partial charge in [0.1, 0.15) is 5.60 Å². The van der Waals surface area contributed by atoms with E-state index in [2.05, 4.69) is 0 Å². The highest BCUT2D eigenvalue weighted by Gasteiger charge is 2.64. The first-order valence-corrected chi connectivity index (χ1v) is 10.4. The molecule has 0 spiro atoms. The van der Waals surface area contributed by atoms with E-state index in [9.17, 15) is 56.2 Å². The normalized spacial score (nSPS) is 19.0. The van der Waals surface area contributed by atoms with Crippen molar-refractivity contribution in [3.63, 3.8) is 0 Å². The first-order valence-electron chi connectivity index (χ1n) is 10.4. The predicted octanol–water partition coefficient (Wildman–Crippen LogP) is -3.69. The molecule has 33 heavy (non-hydrogen) atoms. The number of rotatable bonds is 11. The van der Waals surface area contributed by atoms with Crippen LogP contribution in [-0.4, -0.2) is 105 Å². The standard InChI is InChI=1S/C20H33NO12/c22-16(14-7-3-1-4-8-14,15-9-5-2-6-10-15)13-33-12-11-21(17(23,24)19(27,28)29)18(25,26)20(30,31)32/h1,3-4,7-8,15,22-32H,2,5-6,9-13H2. The molecule has 13 heteroatoms. The second-order valence-electron chi connectivity index (χ2n) is 8.37. The highest BCUT2D eigenvalue weighted by molar-refractivity contribution is 5.23. The van der Waals surface area contributed by atoms with Crippen molar-refractivity contribution in [2.24, 2.45) is 5.92 Å². The van der Waals surface area contributed by atoms with E-state index in [0.29, 0.717) is 5.56 Å². The van der Waals surface area contributed by atoms with Gasteiger partial charge in [0.05, 0.1) is 13.2 Å². The number of nitrogens with zero attached hydrogens (tertiary/aromatic N) is 1. The SMILES string of the molecule is OC(COCCN(C(O)(O)C(O)(O)O)C(O)(O)C(O)(O)O)(c1ccccc1)C1CCCCC1. The van der Waals surface area contributed by atoms with E-state index >= 15 is 0 Å². The molecule has 1 fully saturated rings. The summed E-state index contributed by atoms with van der Waals surface area (Å²) in [7, 11) is 0. The number of ether oxygens (including phenoxy) is 1. The van der Waals surface area contributed by atoms with Crippen LogP contribution in [0.2, 0.25) is 0 Å². The summed E-state index contributed by atoms with van der Waals surface area (Å²) in [6, 6.07) is 8.64. The van der Waals surface area contributed by atoms with Crippen LogP contribution in [0.4, 0.5) is 0 Å². The molecule has 1 aliphatic carbocycles. The summed E-state index contributed by atoms with van der Waals surface area (Å²) in [4.78, 5) is -0.637. The summed E-state index contributed by atoms with van der Waals surface area (Å²) in [6.07, 6.45) is 4.27. The molecule has 190 valence electrons. The molecular formula is C20H33NO12. The second kappa shape index (κ2) is 10.1. The van der Waals surface area contributed by atoms with Crippen LogP contribution in [0.1, 0.15) is 37.7 Å². The lowest BCUT2D eigenvalue weighted by Gasteiger charge is -2.47. The molecule has 0 radical (unpaired) electrons. The van der Waals surface area contributed by atoms with E-state index in [1.165, 1.54) is 0 Å². The minimum atomic E-state index is -4.43. The lowest BCUT2D eigenvalue weighted by Crippen LogP contribution is -2.77. The van der Waals surface area contributed by atoms with Crippen molar-refractivity contribution in [2.45, 2.75) is 61.5 Å². The molecule has 0 aliphatic heterocycles. The fourth-order valence-electron chi connectivity index (χ4n) is 4.02. The van der Waals surface area contributed by atoms with Gasteiger partial charge in [0, 0.05) is 6.54 Å². The third kappa shape index (κ3) is 6.04. The molecule has 1 aliphatic rings. The topological polar surface area (TPSA) is 235 Å². The number of aliphatic hydroxyl groups is 11. The van der Waals surface area contributed by atoms with E-state index in [1.54, 1.807) is 30.3 Å². The zero-order valence-corrected chi connectivity index (χ0v) is 17.9. The van der Waals surface area contributed by atoms with Crippen molar-refractivity contribution in [1.29, 1.82) is 0 Å². The maximum Gasteiger partial charge on any atom is 0.349 e. The van der Waals surface area contributed by atoms with Gasteiger partial charge in [-0.2, -0.15) is 4.90 Å². The second-order valence-corrected chi connectivity index (χ2v) is 8.37. The van der Waals surface area contributed by atoms with Crippen LogP contribution >= 0.6 is 0 Å². The van der Waals surface area contributed by atoms with Gasteiger partial charge >= 0.3 is 23.8 Å². The third-order valence-electron chi connectivity index (χ3n) is 5.99. The Bertz CT molecular complexity index is 714. The van der Waals surface area contributed by atoms with Gasteiger partial charge in [-0.15, -0.1) is 0 Å². The Hall–Kier alpha value is -1.30. The molecule has 2 rings (SSSR count). The maximum atomic E-state index is 11.5. The van der Waals surface area contributed by atoms with Crippen LogP contribution in [0, 0.1) is 5.92 Å². The Morgan fingerprint density at radius 3 is 1.67 bits per heavy atom. The van der Waals surface area contributed by atoms with Gasteiger partial charge in [-0.25, -0.2) is 0 Å². The Morgan fingerprint density at radius 1 is 0.727 bits per heavy atom. The average Bonchev–Trinajstić information content (AvgIpc) is 2.72. The van der Waals surface area contributed by atoms with E-state index in [1.807, 2.05) is 0 Å². The van der Waals surface area contributed by atoms with Crippen molar-refractivity contribution in [3.8, 4) is 0 Å². The molecule has 1 aromatic carbocycles. The minimum absolute atomic E-state index is 0.172. The van der Waals surface area contributed by atoms with Crippen molar-refractivity contribution in [3.05, 3.63) is 35.9 Å². The van der Waals surface area contributed by atoms with Gasteiger partial charge in [-0.05, 0) is 24.3 Å². The molecule has 13 nitrogen and oxygen atoms in total. The zero-order chi connectivity index (χ0) is 25.1.